The van der Waals surface area contributed by atoms with Gasteiger partial charge in [-0.25, -0.2) is 0 Å². The van der Waals surface area contributed by atoms with Crippen LogP contribution < -0.4 is 0 Å². The van der Waals surface area contributed by atoms with Gasteiger partial charge in [0.05, 0.1) is 25.6 Å². The molecule has 0 saturated carbocycles. The van der Waals surface area contributed by atoms with E-state index in [1.165, 1.54) is 0 Å². The third-order valence-corrected chi connectivity index (χ3v) is 2.55. The zero-order chi connectivity index (χ0) is 12.6. The number of carbonyl (C=O) groups excluding carboxylic acids is 1. The first-order valence-corrected chi connectivity index (χ1v) is 5.85. The van der Waals surface area contributed by atoms with Gasteiger partial charge >= 0.3 is 5.97 Å². The molecule has 1 unspecified atom stereocenters. The molecule has 0 aromatic carbocycles. The van der Waals surface area contributed by atoms with Gasteiger partial charge in [0.1, 0.15) is 0 Å². The molecule has 4 heteroatoms. The van der Waals surface area contributed by atoms with Crippen molar-refractivity contribution in [3.05, 3.63) is 0 Å². The number of hydrogen-bond acceptors (Lipinski definition) is 4. The van der Waals surface area contributed by atoms with Crippen LogP contribution in [0, 0.1) is 11.3 Å². The van der Waals surface area contributed by atoms with Crippen LogP contribution in [0.3, 0.4) is 0 Å². The number of nitrogens with zero attached hydrogens (tertiary/aromatic N) is 2. The van der Waals surface area contributed by atoms with Gasteiger partial charge in [-0.15, -0.1) is 0 Å². The molecule has 0 fully saturated rings. The molecule has 0 radical (unpaired) electrons. The van der Waals surface area contributed by atoms with E-state index in [0.717, 1.165) is 6.42 Å². The Hall–Kier alpha value is -1.08. The van der Waals surface area contributed by atoms with Crippen molar-refractivity contribution in [2.24, 2.45) is 0 Å². The van der Waals surface area contributed by atoms with Crippen molar-refractivity contribution in [1.82, 2.24) is 4.90 Å². The second-order valence-corrected chi connectivity index (χ2v) is 4.00. The van der Waals surface area contributed by atoms with Crippen molar-refractivity contribution in [3.8, 4) is 6.07 Å². The van der Waals surface area contributed by atoms with E-state index in [-0.39, 0.29) is 24.6 Å². The summed E-state index contributed by atoms with van der Waals surface area (Å²) in [4.78, 5) is 13.5. The van der Waals surface area contributed by atoms with E-state index in [4.69, 9.17) is 10.00 Å². The molecule has 0 aliphatic carbocycles. The average molecular weight is 226 g/mol. The second-order valence-electron chi connectivity index (χ2n) is 4.00. The van der Waals surface area contributed by atoms with Crippen LogP contribution in [0.15, 0.2) is 0 Å². The minimum Gasteiger partial charge on any atom is -0.465 e. The fourth-order valence-electron chi connectivity index (χ4n) is 1.69. The number of nitriles is 1. The molecular weight excluding hydrogens is 204 g/mol. The predicted octanol–water partition coefficient (Wildman–Crippen LogP) is 1.95. The quantitative estimate of drug-likeness (QED) is 0.623. The molecule has 0 rings (SSSR count). The van der Waals surface area contributed by atoms with Gasteiger partial charge in [0.2, 0.25) is 0 Å². The third kappa shape index (κ3) is 5.13. The van der Waals surface area contributed by atoms with E-state index in [1.807, 2.05) is 25.7 Å². The largest absolute Gasteiger partial charge is 0.465 e. The topological polar surface area (TPSA) is 53.3 Å². The van der Waals surface area contributed by atoms with Gasteiger partial charge in [0.25, 0.3) is 0 Å². The standard InChI is InChI=1S/C12H22N2O2/c1-5-11(7-8-13)14(10(3)4)9-12(15)16-6-2/h10-11H,5-7,9H2,1-4H3. The average Bonchev–Trinajstić information content (AvgIpc) is 2.23. The molecule has 1 atom stereocenters. The second kappa shape index (κ2) is 8.12. The lowest BCUT2D eigenvalue weighted by atomic mass is 10.1. The molecule has 0 aromatic rings. The highest BCUT2D eigenvalue weighted by molar-refractivity contribution is 5.71. The maximum Gasteiger partial charge on any atom is 0.320 e. The Morgan fingerprint density at radius 2 is 2.06 bits per heavy atom. The molecule has 92 valence electrons. The Labute approximate surface area is 98.2 Å². The Morgan fingerprint density at radius 1 is 1.44 bits per heavy atom. The smallest absolute Gasteiger partial charge is 0.320 e. The number of rotatable bonds is 7. The minimum atomic E-state index is -0.215. The van der Waals surface area contributed by atoms with Crippen LogP contribution in [0.5, 0.6) is 0 Å². The molecule has 0 amide bonds. The van der Waals surface area contributed by atoms with Gasteiger partial charge in [0.15, 0.2) is 0 Å². The van der Waals surface area contributed by atoms with Gasteiger partial charge in [-0.1, -0.05) is 6.92 Å². The van der Waals surface area contributed by atoms with Crippen molar-refractivity contribution in [2.75, 3.05) is 13.2 Å². The van der Waals surface area contributed by atoms with Crippen LogP contribution in [0.4, 0.5) is 0 Å². The third-order valence-electron chi connectivity index (χ3n) is 2.55. The highest BCUT2D eigenvalue weighted by Gasteiger charge is 2.22. The minimum absolute atomic E-state index is 0.134. The van der Waals surface area contributed by atoms with Gasteiger partial charge in [-0.3, -0.25) is 9.69 Å². The fourth-order valence-corrected chi connectivity index (χ4v) is 1.69. The van der Waals surface area contributed by atoms with Crippen LogP contribution in [-0.4, -0.2) is 36.1 Å². The molecule has 4 nitrogen and oxygen atoms in total. The Balaban J connectivity index is 4.47. The highest BCUT2D eigenvalue weighted by Crippen LogP contribution is 2.12. The number of hydrogen-bond donors (Lipinski definition) is 0. The predicted molar refractivity (Wildman–Crippen MR) is 62.8 cm³/mol. The van der Waals surface area contributed by atoms with E-state index in [2.05, 4.69) is 6.07 Å². The molecule has 0 N–H and O–H groups in total. The first-order valence-electron chi connectivity index (χ1n) is 5.85. The molecular formula is C12H22N2O2. The van der Waals surface area contributed by atoms with E-state index < -0.39 is 0 Å². The molecule has 16 heavy (non-hydrogen) atoms. The van der Waals surface area contributed by atoms with Crippen molar-refractivity contribution < 1.29 is 9.53 Å². The zero-order valence-corrected chi connectivity index (χ0v) is 10.7. The number of esters is 1. The van der Waals surface area contributed by atoms with Crippen LogP contribution >= 0.6 is 0 Å². The molecule has 0 spiro atoms. The van der Waals surface area contributed by atoms with Crippen LogP contribution in [0.2, 0.25) is 0 Å². The summed E-state index contributed by atoms with van der Waals surface area (Å²) in [6.07, 6.45) is 1.32. The van der Waals surface area contributed by atoms with Gasteiger partial charge in [0, 0.05) is 12.1 Å². The number of carbonyl (C=O) groups is 1. The summed E-state index contributed by atoms with van der Waals surface area (Å²) >= 11 is 0. The maximum atomic E-state index is 11.4. The van der Waals surface area contributed by atoms with Crippen molar-refractivity contribution in [1.29, 1.82) is 5.26 Å². The summed E-state index contributed by atoms with van der Waals surface area (Å²) in [6.45, 7) is 8.55. The molecule has 0 aromatic heterocycles. The van der Waals surface area contributed by atoms with Gasteiger partial charge in [-0.05, 0) is 27.2 Å². The van der Waals surface area contributed by atoms with Crippen molar-refractivity contribution in [3.63, 3.8) is 0 Å². The summed E-state index contributed by atoms with van der Waals surface area (Å²) in [5, 5.41) is 8.74. The van der Waals surface area contributed by atoms with E-state index >= 15 is 0 Å². The zero-order valence-electron chi connectivity index (χ0n) is 10.7. The Morgan fingerprint density at radius 3 is 2.44 bits per heavy atom. The molecule has 0 aliphatic rings. The van der Waals surface area contributed by atoms with Gasteiger partial charge < -0.3 is 4.74 Å². The van der Waals surface area contributed by atoms with Gasteiger partial charge in [-0.2, -0.15) is 5.26 Å². The van der Waals surface area contributed by atoms with Crippen molar-refractivity contribution >= 4 is 5.97 Å². The molecule has 0 heterocycles. The number of ether oxygens (including phenoxy) is 1. The maximum absolute atomic E-state index is 11.4. The molecule has 0 saturated heterocycles. The van der Waals surface area contributed by atoms with E-state index in [0.29, 0.717) is 13.0 Å². The Bertz CT molecular complexity index is 246. The van der Waals surface area contributed by atoms with Crippen LogP contribution in [0.25, 0.3) is 0 Å². The lowest BCUT2D eigenvalue weighted by Crippen LogP contribution is -2.43. The monoisotopic (exact) mass is 226 g/mol. The highest BCUT2D eigenvalue weighted by atomic mass is 16.5. The molecule has 0 aliphatic heterocycles. The summed E-state index contributed by atoms with van der Waals surface area (Å²) in [5.41, 5.74) is 0. The summed E-state index contributed by atoms with van der Waals surface area (Å²) in [6, 6.07) is 2.54. The lowest BCUT2D eigenvalue weighted by Gasteiger charge is -2.32. The lowest BCUT2D eigenvalue weighted by molar-refractivity contribution is -0.145. The van der Waals surface area contributed by atoms with Crippen molar-refractivity contribution in [2.45, 2.75) is 52.6 Å². The van der Waals surface area contributed by atoms with E-state index in [9.17, 15) is 4.79 Å². The Kier molecular flexibility index (Phi) is 7.57. The van der Waals surface area contributed by atoms with E-state index in [1.54, 1.807) is 6.92 Å². The first-order chi connectivity index (χ1) is 7.56. The SMILES string of the molecule is CCOC(=O)CN(C(C)C)C(CC)CC#N. The van der Waals surface area contributed by atoms with Crippen LogP contribution in [0.1, 0.15) is 40.5 Å². The first kappa shape index (κ1) is 14.9. The normalized spacial score (nSPS) is 12.6. The molecule has 0 bridgehead atoms. The van der Waals surface area contributed by atoms with Crippen LogP contribution in [-0.2, 0) is 9.53 Å². The summed E-state index contributed by atoms with van der Waals surface area (Å²) in [5.74, 6) is -0.215. The summed E-state index contributed by atoms with van der Waals surface area (Å²) in [7, 11) is 0. The fraction of sp³-hybridized carbons (Fsp3) is 0.833. The summed E-state index contributed by atoms with van der Waals surface area (Å²) < 4.78 is 4.93.